The molecule has 0 aromatic carbocycles. The van der Waals surface area contributed by atoms with Gasteiger partial charge in [0.2, 0.25) is 0 Å². The molecule has 42 valence electrons. The Morgan fingerprint density at radius 1 is 1.43 bits per heavy atom. The average molecular weight is 116 g/mol. The summed E-state index contributed by atoms with van der Waals surface area (Å²) in [4.78, 5) is 0. The Balaban J connectivity index is 3.40. The fourth-order valence-corrected chi connectivity index (χ4v) is 0.750. The first-order valence-corrected chi connectivity index (χ1v) is 5.18. The molecule has 7 heavy (non-hydrogen) atoms. The maximum Gasteiger partial charge on any atom is 0.0383 e. The predicted octanol–water partition coefficient (Wildman–Crippen LogP) is 1.31. The summed E-state index contributed by atoms with van der Waals surface area (Å²) < 4.78 is 0. The third-order valence-corrected chi connectivity index (χ3v) is 1.55. The molecule has 0 saturated carbocycles. The van der Waals surface area contributed by atoms with Crippen LogP contribution in [0, 0.1) is 12.3 Å². The van der Waals surface area contributed by atoms with Gasteiger partial charge in [0, 0.05) is 5.75 Å². The molecule has 0 aliphatic heterocycles. The lowest BCUT2D eigenvalue weighted by atomic mass is 10.8. The maximum atomic E-state index is 5.09. The van der Waals surface area contributed by atoms with Gasteiger partial charge >= 0.3 is 0 Å². The van der Waals surface area contributed by atoms with Gasteiger partial charge in [-0.25, -0.2) is 10.0 Å². The molecule has 1 heteroatoms. The van der Waals surface area contributed by atoms with Crippen molar-refractivity contribution in [3.8, 4) is 12.3 Å². The van der Waals surface area contributed by atoms with E-state index in [0.29, 0.717) is 0 Å². The van der Waals surface area contributed by atoms with E-state index in [-0.39, 0.29) is 0 Å². The van der Waals surface area contributed by atoms with E-state index in [1.165, 1.54) is 0 Å². The molecule has 0 N–H and O–H groups in total. The highest BCUT2D eigenvalue weighted by molar-refractivity contribution is 8.32. The van der Waals surface area contributed by atoms with Gasteiger partial charge in [-0.05, 0) is 18.8 Å². The van der Waals surface area contributed by atoms with E-state index in [0.717, 1.165) is 5.75 Å². The Hall–Kier alpha value is -0.0900. The van der Waals surface area contributed by atoms with E-state index in [1.807, 2.05) is 0 Å². The highest BCUT2D eigenvalue weighted by Gasteiger charge is 1.97. The second kappa shape index (κ2) is 2.28. The monoisotopic (exact) mass is 116 g/mol. The molecular weight excluding hydrogens is 104 g/mol. The van der Waals surface area contributed by atoms with Crippen LogP contribution in [-0.2, 0) is 0 Å². The van der Waals surface area contributed by atoms with Crippen LogP contribution in [0.4, 0.5) is 0 Å². The summed E-state index contributed by atoms with van der Waals surface area (Å²) in [5.74, 6) is 3.60. The van der Waals surface area contributed by atoms with Crippen LogP contribution in [0.25, 0.3) is 0 Å². The lowest BCUT2D eigenvalue weighted by Crippen LogP contribution is -1.94. The van der Waals surface area contributed by atoms with Crippen molar-refractivity contribution in [1.82, 2.24) is 0 Å². The van der Waals surface area contributed by atoms with Crippen molar-refractivity contribution in [2.24, 2.45) is 0 Å². The summed E-state index contributed by atoms with van der Waals surface area (Å²) in [5.41, 5.74) is 0. The first kappa shape index (κ1) is 6.91. The van der Waals surface area contributed by atoms with Gasteiger partial charge in [-0.1, -0.05) is 5.92 Å². The molecule has 0 spiro atoms. The Bertz CT molecular complexity index is 81.3. The maximum absolute atomic E-state index is 5.09. The summed E-state index contributed by atoms with van der Waals surface area (Å²) in [6.45, 7) is 0. The quantitative estimate of drug-likeness (QED) is 0.453. The van der Waals surface area contributed by atoms with Crippen molar-refractivity contribution >= 4 is 10.0 Å². The third kappa shape index (κ3) is 5.91. The van der Waals surface area contributed by atoms with Crippen molar-refractivity contribution in [2.45, 2.75) is 0 Å². The molecule has 0 radical (unpaired) electrons. The summed E-state index contributed by atoms with van der Waals surface area (Å²) in [6.07, 6.45) is 11.7. The van der Waals surface area contributed by atoms with E-state index in [4.69, 9.17) is 6.42 Å². The second-order valence-corrected chi connectivity index (χ2v) is 6.91. The summed E-state index contributed by atoms with van der Waals surface area (Å²) in [7, 11) is -0.410. The average Bonchev–Trinajstić information content (AvgIpc) is 1.30. The molecule has 0 atom stereocenters. The van der Waals surface area contributed by atoms with E-state index < -0.39 is 10.0 Å². The minimum Gasteiger partial charge on any atom is -0.239 e. The van der Waals surface area contributed by atoms with Gasteiger partial charge in [-0.3, -0.25) is 0 Å². The highest BCUT2D eigenvalue weighted by atomic mass is 32.3. The molecule has 0 heterocycles. The standard InChI is InChI=1S/C6H12S/c1-5-6-7(2,3)4/h1H,6H2,2-4H3. The van der Waals surface area contributed by atoms with Gasteiger partial charge in [0.1, 0.15) is 0 Å². The molecule has 0 bridgehead atoms. The van der Waals surface area contributed by atoms with Crippen molar-refractivity contribution < 1.29 is 0 Å². The third-order valence-electron chi connectivity index (χ3n) is 0.516. The van der Waals surface area contributed by atoms with E-state index >= 15 is 0 Å². The highest BCUT2D eigenvalue weighted by Crippen LogP contribution is 2.32. The molecular formula is C6H12S. The molecule has 0 nitrogen and oxygen atoms in total. The molecule has 0 aliphatic rings. The summed E-state index contributed by atoms with van der Waals surface area (Å²) in [5, 5.41) is 0. The molecule has 0 unspecified atom stereocenters. The van der Waals surface area contributed by atoms with Crippen LogP contribution in [0.1, 0.15) is 0 Å². The van der Waals surface area contributed by atoms with Gasteiger partial charge < -0.3 is 0 Å². The zero-order chi connectivity index (χ0) is 5.91. The second-order valence-electron chi connectivity index (χ2n) is 2.44. The van der Waals surface area contributed by atoms with Crippen LogP contribution < -0.4 is 0 Å². The van der Waals surface area contributed by atoms with E-state index in [1.54, 1.807) is 0 Å². The number of rotatable bonds is 1. The van der Waals surface area contributed by atoms with Gasteiger partial charge in [-0.15, -0.1) is 6.42 Å². The Morgan fingerprint density at radius 3 is 1.86 bits per heavy atom. The largest absolute Gasteiger partial charge is 0.239 e. The molecule has 0 aromatic heterocycles. The topological polar surface area (TPSA) is 0 Å². The number of hydrogen-bond acceptors (Lipinski definition) is 0. The van der Waals surface area contributed by atoms with Gasteiger partial charge in [0.25, 0.3) is 0 Å². The lowest BCUT2D eigenvalue weighted by molar-refractivity contribution is 1.83. The number of terminal acetylenes is 1. The number of hydrogen-bond donors (Lipinski definition) is 0. The summed E-state index contributed by atoms with van der Waals surface area (Å²) >= 11 is 0. The Kier molecular flexibility index (Phi) is 2.25. The zero-order valence-electron chi connectivity index (χ0n) is 5.19. The molecule has 0 fully saturated rings. The van der Waals surface area contributed by atoms with Crippen molar-refractivity contribution in [3.05, 3.63) is 0 Å². The minimum atomic E-state index is -0.410. The molecule has 0 aliphatic carbocycles. The van der Waals surface area contributed by atoms with Crippen molar-refractivity contribution in [1.29, 1.82) is 0 Å². The smallest absolute Gasteiger partial charge is 0.0383 e. The van der Waals surface area contributed by atoms with Gasteiger partial charge in [0.15, 0.2) is 0 Å². The molecule has 0 rings (SSSR count). The normalized spacial score (nSPS) is 12.9. The molecule has 0 saturated heterocycles. The predicted molar refractivity (Wildman–Crippen MR) is 39.1 cm³/mol. The Morgan fingerprint density at radius 2 is 1.86 bits per heavy atom. The fraction of sp³-hybridized carbons (Fsp3) is 0.667. The summed E-state index contributed by atoms with van der Waals surface area (Å²) in [6, 6.07) is 0. The van der Waals surface area contributed by atoms with Gasteiger partial charge in [0.05, 0.1) is 0 Å². The van der Waals surface area contributed by atoms with Crippen LogP contribution in [-0.4, -0.2) is 24.5 Å². The minimum absolute atomic E-state index is 0.410. The van der Waals surface area contributed by atoms with Crippen LogP contribution in [0.15, 0.2) is 0 Å². The first-order chi connectivity index (χ1) is 3.06. The van der Waals surface area contributed by atoms with Crippen molar-refractivity contribution in [3.63, 3.8) is 0 Å². The molecule has 0 aromatic rings. The van der Waals surface area contributed by atoms with Gasteiger partial charge in [-0.2, -0.15) is 0 Å². The first-order valence-electron chi connectivity index (χ1n) is 2.16. The Labute approximate surface area is 47.6 Å². The van der Waals surface area contributed by atoms with E-state index in [9.17, 15) is 0 Å². The fourth-order valence-electron chi connectivity index (χ4n) is 0.250. The zero-order valence-corrected chi connectivity index (χ0v) is 6.01. The van der Waals surface area contributed by atoms with Crippen molar-refractivity contribution in [2.75, 3.05) is 24.5 Å². The lowest BCUT2D eigenvalue weighted by Gasteiger charge is -2.20. The van der Waals surface area contributed by atoms with E-state index in [2.05, 4.69) is 24.7 Å². The van der Waals surface area contributed by atoms with Crippen LogP contribution in [0.5, 0.6) is 0 Å². The SMILES string of the molecule is C#CCS(C)(C)C. The van der Waals surface area contributed by atoms with Crippen LogP contribution in [0.3, 0.4) is 0 Å². The van der Waals surface area contributed by atoms with Crippen LogP contribution >= 0.6 is 10.0 Å². The van der Waals surface area contributed by atoms with Crippen LogP contribution in [0.2, 0.25) is 0 Å². The molecule has 0 amide bonds.